The Hall–Kier alpha value is -1.10. The van der Waals surface area contributed by atoms with Crippen LogP contribution in [0.5, 0.6) is 0 Å². The summed E-state index contributed by atoms with van der Waals surface area (Å²) in [4.78, 5) is 24.7. The Morgan fingerprint density at radius 2 is 1.81 bits per heavy atom. The monoisotopic (exact) mass is 227 g/mol. The third-order valence-corrected chi connectivity index (χ3v) is 3.01. The average Bonchev–Trinajstić information content (AvgIpc) is 2.27. The van der Waals surface area contributed by atoms with E-state index in [-0.39, 0.29) is 12.5 Å². The Balaban J connectivity index is 2.37. The van der Waals surface area contributed by atoms with E-state index in [0.29, 0.717) is 0 Å². The zero-order chi connectivity index (χ0) is 12.2. The second kappa shape index (κ2) is 5.30. The van der Waals surface area contributed by atoms with Gasteiger partial charge in [0.15, 0.2) is 0 Å². The fourth-order valence-electron chi connectivity index (χ4n) is 1.64. The van der Waals surface area contributed by atoms with Gasteiger partial charge in [-0.25, -0.2) is 0 Å². The van der Waals surface area contributed by atoms with Gasteiger partial charge in [-0.1, -0.05) is 0 Å². The van der Waals surface area contributed by atoms with E-state index in [9.17, 15) is 9.59 Å². The highest BCUT2D eigenvalue weighted by Gasteiger charge is 2.26. The molecule has 1 aliphatic heterocycles. The van der Waals surface area contributed by atoms with E-state index < -0.39 is 11.4 Å². The van der Waals surface area contributed by atoms with Gasteiger partial charge < -0.3 is 10.6 Å². The number of hydrogen-bond donors (Lipinski definition) is 2. The highest BCUT2D eigenvalue weighted by molar-refractivity contribution is 5.85. The molecule has 0 spiro atoms. The molecule has 1 heterocycles. The topological polar surface area (TPSA) is 75.4 Å². The summed E-state index contributed by atoms with van der Waals surface area (Å²) < 4.78 is 0. The van der Waals surface area contributed by atoms with Gasteiger partial charge in [0.05, 0.1) is 12.1 Å². The first-order valence-corrected chi connectivity index (χ1v) is 5.76. The van der Waals surface area contributed by atoms with Gasteiger partial charge in [0, 0.05) is 13.1 Å². The molecule has 0 aromatic carbocycles. The first kappa shape index (κ1) is 13.0. The summed E-state index contributed by atoms with van der Waals surface area (Å²) in [7, 11) is 0. The van der Waals surface area contributed by atoms with Gasteiger partial charge in [-0.2, -0.15) is 0 Å². The minimum Gasteiger partial charge on any atom is -0.368 e. The second-order valence-corrected chi connectivity index (χ2v) is 4.78. The van der Waals surface area contributed by atoms with E-state index in [1.807, 2.05) is 4.90 Å². The molecule has 0 saturated carbocycles. The van der Waals surface area contributed by atoms with Crippen molar-refractivity contribution >= 4 is 11.8 Å². The molecule has 0 radical (unpaired) electrons. The first-order chi connectivity index (χ1) is 7.43. The molecule has 92 valence electrons. The molecule has 5 heteroatoms. The lowest BCUT2D eigenvalue weighted by molar-refractivity contribution is -0.132. The van der Waals surface area contributed by atoms with Crippen molar-refractivity contribution in [1.82, 2.24) is 10.2 Å². The standard InChI is InChI=1S/C11H21N3O2/c1-11(2,10(12)16)13-8-9(15)14-6-4-3-5-7-14/h13H,3-8H2,1-2H3,(H2,12,16). The molecule has 16 heavy (non-hydrogen) atoms. The van der Waals surface area contributed by atoms with Crippen molar-refractivity contribution in [2.75, 3.05) is 19.6 Å². The fourth-order valence-corrected chi connectivity index (χ4v) is 1.64. The Kier molecular flexibility index (Phi) is 4.29. The van der Waals surface area contributed by atoms with Crippen LogP contribution in [0.2, 0.25) is 0 Å². The Morgan fingerprint density at radius 3 is 2.31 bits per heavy atom. The molecule has 0 bridgehead atoms. The van der Waals surface area contributed by atoms with Crippen molar-refractivity contribution in [2.45, 2.75) is 38.6 Å². The van der Waals surface area contributed by atoms with Crippen molar-refractivity contribution in [3.8, 4) is 0 Å². The minimum atomic E-state index is -0.828. The van der Waals surface area contributed by atoms with E-state index in [1.54, 1.807) is 13.8 Å². The van der Waals surface area contributed by atoms with Gasteiger partial charge in [0.25, 0.3) is 0 Å². The molecule has 2 amide bonds. The summed E-state index contributed by atoms with van der Waals surface area (Å²) in [5.41, 5.74) is 4.38. The average molecular weight is 227 g/mol. The summed E-state index contributed by atoms with van der Waals surface area (Å²) in [5.74, 6) is -0.395. The highest BCUT2D eigenvalue weighted by atomic mass is 16.2. The van der Waals surface area contributed by atoms with Crippen molar-refractivity contribution in [2.24, 2.45) is 5.73 Å². The van der Waals surface area contributed by atoms with Gasteiger partial charge in [-0.05, 0) is 33.1 Å². The number of hydrogen-bond acceptors (Lipinski definition) is 3. The molecule has 0 aliphatic carbocycles. The van der Waals surface area contributed by atoms with Gasteiger partial charge in [-0.3, -0.25) is 14.9 Å². The molecule has 1 rings (SSSR count). The number of primary amides is 1. The Bertz CT molecular complexity index is 270. The normalized spacial score (nSPS) is 17.2. The van der Waals surface area contributed by atoms with Crippen LogP contribution in [-0.2, 0) is 9.59 Å². The number of amides is 2. The molecule has 0 aromatic heterocycles. The van der Waals surface area contributed by atoms with Crippen LogP contribution in [0.3, 0.4) is 0 Å². The SMILES string of the molecule is CC(C)(NCC(=O)N1CCCCC1)C(N)=O. The Morgan fingerprint density at radius 1 is 1.25 bits per heavy atom. The number of piperidine rings is 1. The molecule has 3 N–H and O–H groups in total. The maximum Gasteiger partial charge on any atom is 0.237 e. The number of carbonyl (C=O) groups is 2. The predicted molar refractivity (Wildman–Crippen MR) is 61.7 cm³/mol. The van der Waals surface area contributed by atoms with E-state index in [1.165, 1.54) is 6.42 Å². The second-order valence-electron chi connectivity index (χ2n) is 4.78. The molecular weight excluding hydrogens is 206 g/mol. The summed E-state index contributed by atoms with van der Waals surface area (Å²) in [6, 6.07) is 0. The number of rotatable bonds is 4. The van der Waals surface area contributed by atoms with Crippen LogP contribution in [-0.4, -0.2) is 41.9 Å². The maximum atomic E-state index is 11.8. The van der Waals surface area contributed by atoms with Crippen LogP contribution < -0.4 is 11.1 Å². The highest BCUT2D eigenvalue weighted by Crippen LogP contribution is 2.08. The van der Waals surface area contributed by atoms with Gasteiger partial charge in [-0.15, -0.1) is 0 Å². The summed E-state index contributed by atoms with van der Waals surface area (Å²) in [6.07, 6.45) is 3.35. The van der Waals surface area contributed by atoms with Crippen molar-refractivity contribution in [3.63, 3.8) is 0 Å². The zero-order valence-electron chi connectivity index (χ0n) is 10.1. The Labute approximate surface area is 96.4 Å². The van der Waals surface area contributed by atoms with Crippen molar-refractivity contribution < 1.29 is 9.59 Å². The van der Waals surface area contributed by atoms with E-state index in [4.69, 9.17) is 5.73 Å². The number of nitrogens with one attached hydrogen (secondary N) is 1. The quantitative estimate of drug-likeness (QED) is 0.701. The molecule has 1 aliphatic rings. The predicted octanol–water partition coefficient (Wildman–Crippen LogP) is -0.148. The maximum absolute atomic E-state index is 11.8. The number of carbonyl (C=O) groups excluding carboxylic acids is 2. The van der Waals surface area contributed by atoms with E-state index in [0.717, 1.165) is 25.9 Å². The van der Waals surface area contributed by atoms with Crippen LogP contribution in [0, 0.1) is 0 Å². The number of nitrogens with two attached hydrogens (primary N) is 1. The third-order valence-electron chi connectivity index (χ3n) is 3.01. The van der Waals surface area contributed by atoms with Gasteiger partial charge in [0.1, 0.15) is 0 Å². The first-order valence-electron chi connectivity index (χ1n) is 5.76. The molecule has 0 aromatic rings. The van der Waals surface area contributed by atoms with Crippen LogP contribution in [0.25, 0.3) is 0 Å². The zero-order valence-corrected chi connectivity index (χ0v) is 10.1. The summed E-state index contributed by atoms with van der Waals surface area (Å²) in [5, 5.41) is 2.89. The molecule has 5 nitrogen and oxygen atoms in total. The molecule has 1 fully saturated rings. The number of likely N-dealkylation sites (tertiary alicyclic amines) is 1. The molecule has 0 atom stereocenters. The van der Waals surface area contributed by atoms with Crippen molar-refractivity contribution in [3.05, 3.63) is 0 Å². The molecular formula is C11H21N3O2. The van der Waals surface area contributed by atoms with E-state index >= 15 is 0 Å². The van der Waals surface area contributed by atoms with Crippen LogP contribution in [0.15, 0.2) is 0 Å². The number of nitrogens with zero attached hydrogens (tertiary/aromatic N) is 1. The largest absolute Gasteiger partial charge is 0.368 e. The third kappa shape index (κ3) is 3.48. The van der Waals surface area contributed by atoms with Gasteiger partial charge in [0.2, 0.25) is 11.8 Å². The van der Waals surface area contributed by atoms with Crippen LogP contribution >= 0.6 is 0 Å². The van der Waals surface area contributed by atoms with Crippen molar-refractivity contribution in [1.29, 1.82) is 0 Å². The summed E-state index contributed by atoms with van der Waals surface area (Å²) in [6.45, 7) is 5.20. The lowest BCUT2D eigenvalue weighted by atomic mass is 10.1. The minimum absolute atomic E-state index is 0.0500. The lowest BCUT2D eigenvalue weighted by Gasteiger charge is -2.29. The molecule has 1 saturated heterocycles. The van der Waals surface area contributed by atoms with Gasteiger partial charge >= 0.3 is 0 Å². The van der Waals surface area contributed by atoms with Crippen LogP contribution in [0.4, 0.5) is 0 Å². The lowest BCUT2D eigenvalue weighted by Crippen LogP contribution is -2.54. The van der Waals surface area contributed by atoms with Crippen LogP contribution in [0.1, 0.15) is 33.1 Å². The smallest absolute Gasteiger partial charge is 0.237 e. The van der Waals surface area contributed by atoms with E-state index in [2.05, 4.69) is 5.32 Å². The molecule has 0 unspecified atom stereocenters. The fraction of sp³-hybridized carbons (Fsp3) is 0.818. The summed E-state index contributed by atoms with van der Waals surface area (Å²) >= 11 is 0.